The summed E-state index contributed by atoms with van der Waals surface area (Å²) in [5.74, 6) is 0.289. The van der Waals surface area contributed by atoms with Crippen LogP contribution in [0, 0.1) is 5.92 Å². The van der Waals surface area contributed by atoms with E-state index in [2.05, 4.69) is 16.3 Å². The average Bonchev–Trinajstić information content (AvgIpc) is 2.38. The number of benzene rings is 1. The number of carbonyl (C=O) groups excluding carboxylic acids is 1. The zero-order valence-corrected chi connectivity index (χ0v) is 10.9. The third-order valence-electron chi connectivity index (χ3n) is 3.48. The molecular weight excluding hydrogens is 226 g/mol. The van der Waals surface area contributed by atoms with Gasteiger partial charge in [0.15, 0.2) is 0 Å². The molecule has 1 atom stereocenters. The summed E-state index contributed by atoms with van der Waals surface area (Å²) in [4.78, 5) is 14.0. The van der Waals surface area contributed by atoms with Gasteiger partial charge in [0.2, 0.25) is 5.91 Å². The highest BCUT2D eigenvalue weighted by atomic mass is 16.1. The fourth-order valence-corrected chi connectivity index (χ4v) is 2.57. The normalized spacial score (nSPS) is 20.6. The second kappa shape index (κ2) is 5.87. The summed E-state index contributed by atoms with van der Waals surface area (Å²) in [6.07, 6.45) is 2.08. The van der Waals surface area contributed by atoms with Gasteiger partial charge < -0.3 is 11.1 Å². The topological polar surface area (TPSA) is 58.4 Å². The van der Waals surface area contributed by atoms with Gasteiger partial charge in [-0.3, -0.25) is 9.69 Å². The summed E-state index contributed by atoms with van der Waals surface area (Å²) in [5.41, 5.74) is 7.79. The monoisotopic (exact) mass is 247 g/mol. The summed E-state index contributed by atoms with van der Waals surface area (Å²) >= 11 is 0. The van der Waals surface area contributed by atoms with E-state index in [1.165, 1.54) is 5.56 Å². The predicted octanol–water partition coefficient (Wildman–Crippen LogP) is 1.23. The predicted molar refractivity (Wildman–Crippen MR) is 72.9 cm³/mol. The minimum absolute atomic E-state index is 0.129. The molecule has 18 heavy (non-hydrogen) atoms. The van der Waals surface area contributed by atoms with Gasteiger partial charge in [-0.2, -0.15) is 0 Å². The first-order valence-corrected chi connectivity index (χ1v) is 6.47. The molecule has 1 aromatic rings. The number of carbonyl (C=O) groups is 1. The lowest BCUT2D eigenvalue weighted by Gasteiger charge is -2.31. The molecule has 1 fully saturated rings. The molecule has 3 N–H and O–H groups in total. The Morgan fingerprint density at radius 3 is 3.11 bits per heavy atom. The van der Waals surface area contributed by atoms with E-state index in [-0.39, 0.29) is 11.8 Å². The van der Waals surface area contributed by atoms with Crippen molar-refractivity contribution in [1.29, 1.82) is 0 Å². The summed E-state index contributed by atoms with van der Waals surface area (Å²) in [6.45, 7) is 2.77. The average molecular weight is 247 g/mol. The van der Waals surface area contributed by atoms with Gasteiger partial charge >= 0.3 is 0 Å². The van der Waals surface area contributed by atoms with Crippen molar-refractivity contribution in [3.8, 4) is 0 Å². The first kappa shape index (κ1) is 12.9. The largest absolute Gasteiger partial charge is 0.399 e. The standard InChI is InChI=1S/C14H21N3O/c1-16-14(18)12-5-3-7-17(10-12)9-11-4-2-6-13(15)8-11/h2,4,6,8,12H,3,5,7,9-10,15H2,1H3,(H,16,18). The molecule has 0 spiro atoms. The Balaban J connectivity index is 1.95. The summed E-state index contributed by atoms with van der Waals surface area (Å²) in [7, 11) is 1.71. The van der Waals surface area contributed by atoms with E-state index >= 15 is 0 Å². The molecule has 0 saturated carbocycles. The lowest BCUT2D eigenvalue weighted by Crippen LogP contribution is -2.41. The number of nitrogens with zero attached hydrogens (tertiary/aromatic N) is 1. The van der Waals surface area contributed by atoms with Crippen molar-refractivity contribution >= 4 is 11.6 Å². The van der Waals surface area contributed by atoms with Crippen molar-refractivity contribution in [2.45, 2.75) is 19.4 Å². The number of anilines is 1. The number of piperidine rings is 1. The third kappa shape index (κ3) is 3.23. The van der Waals surface area contributed by atoms with Crippen molar-refractivity contribution in [2.75, 3.05) is 25.9 Å². The molecule has 98 valence electrons. The van der Waals surface area contributed by atoms with Crippen molar-refractivity contribution in [2.24, 2.45) is 5.92 Å². The third-order valence-corrected chi connectivity index (χ3v) is 3.48. The number of nitrogen functional groups attached to an aromatic ring is 1. The summed E-state index contributed by atoms with van der Waals surface area (Å²) in [5, 5.41) is 2.74. The number of rotatable bonds is 3. The minimum Gasteiger partial charge on any atom is -0.399 e. The maximum Gasteiger partial charge on any atom is 0.224 e. The van der Waals surface area contributed by atoms with E-state index in [0.717, 1.165) is 38.2 Å². The lowest BCUT2D eigenvalue weighted by molar-refractivity contribution is -0.126. The minimum atomic E-state index is 0.129. The molecule has 4 heteroatoms. The molecule has 1 heterocycles. The SMILES string of the molecule is CNC(=O)C1CCCN(Cc2cccc(N)c2)C1. The molecule has 2 rings (SSSR count). The van der Waals surface area contributed by atoms with Crippen molar-refractivity contribution in [1.82, 2.24) is 10.2 Å². The number of likely N-dealkylation sites (tertiary alicyclic amines) is 1. The van der Waals surface area contributed by atoms with E-state index in [9.17, 15) is 4.79 Å². The number of hydrogen-bond donors (Lipinski definition) is 2. The van der Waals surface area contributed by atoms with E-state index in [1.807, 2.05) is 18.2 Å². The van der Waals surface area contributed by atoms with Crippen LogP contribution in [0.3, 0.4) is 0 Å². The van der Waals surface area contributed by atoms with Crippen LogP contribution in [0.4, 0.5) is 5.69 Å². The van der Waals surface area contributed by atoms with Gasteiger partial charge in [-0.25, -0.2) is 0 Å². The van der Waals surface area contributed by atoms with Gasteiger partial charge in [0.1, 0.15) is 0 Å². The second-order valence-electron chi connectivity index (χ2n) is 4.93. The Labute approximate surface area is 108 Å². The number of nitrogens with two attached hydrogens (primary N) is 1. The van der Waals surface area contributed by atoms with E-state index in [1.54, 1.807) is 7.05 Å². The fourth-order valence-electron chi connectivity index (χ4n) is 2.57. The maximum absolute atomic E-state index is 11.7. The van der Waals surface area contributed by atoms with Gasteiger partial charge in [0, 0.05) is 25.8 Å². The molecular formula is C14H21N3O. The number of amides is 1. The van der Waals surface area contributed by atoms with Crippen LogP contribution in [0.5, 0.6) is 0 Å². The highest BCUT2D eigenvalue weighted by Crippen LogP contribution is 2.19. The van der Waals surface area contributed by atoms with Gasteiger partial charge in [-0.05, 0) is 37.1 Å². The highest BCUT2D eigenvalue weighted by Gasteiger charge is 2.24. The van der Waals surface area contributed by atoms with Gasteiger partial charge in [0.05, 0.1) is 5.92 Å². The molecule has 1 aliphatic heterocycles. The lowest BCUT2D eigenvalue weighted by atomic mass is 9.97. The van der Waals surface area contributed by atoms with Crippen molar-refractivity contribution in [3.63, 3.8) is 0 Å². The van der Waals surface area contributed by atoms with Gasteiger partial charge in [-0.1, -0.05) is 12.1 Å². The molecule has 1 amide bonds. The van der Waals surface area contributed by atoms with Crippen molar-refractivity contribution in [3.05, 3.63) is 29.8 Å². The van der Waals surface area contributed by atoms with Crippen LogP contribution in [0.1, 0.15) is 18.4 Å². The zero-order chi connectivity index (χ0) is 13.0. The molecule has 1 saturated heterocycles. The highest BCUT2D eigenvalue weighted by molar-refractivity contribution is 5.78. The van der Waals surface area contributed by atoms with Crippen molar-refractivity contribution < 1.29 is 4.79 Å². The molecule has 4 nitrogen and oxygen atoms in total. The van der Waals surface area contributed by atoms with Crippen LogP contribution in [-0.2, 0) is 11.3 Å². The maximum atomic E-state index is 11.7. The molecule has 1 aliphatic rings. The molecule has 0 aliphatic carbocycles. The number of nitrogens with one attached hydrogen (secondary N) is 1. The van der Waals surface area contributed by atoms with E-state index < -0.39 is 0 Å². The van der Waals surface area contributed by atoms with E-state index in [0.29, 0.717) is 0 Å². The van der Waals surface area contributed by atoms with Crippen LogP contribution < -0.4 is 11.1 Å². The smallest absolute Gasteiger partial charge is 0.224 e. The fraction of sp³-hybridized carbons (Fsp3) is 0.500. The van der Waals surface area contributed by atoms with E-state index in [4.69, 9.17) is 5.73 Å². The Morgan fingerprint density at radius 1 is 1.56 bits per heavy atom. The van der Waals surface area contributed by atoms with Crippen LogP contribution in [0.25, 0.3) is 0 Å². The van der Waals surface area contributed by atoms with Gasteiger partial charge in [0.25, 0.3) is 0 Å². The first-order chi connectivity index (χ1) is 8.69. The quantitative estimate of drug-likeness (QED) is 0.790. The Hall–Kier alpha value is -1.55. The molecule has 0 aromatic heterocycles. The Morgan fingerprint density at radius 2 is 2.39 bits per heavy atom. The number of hydrogen-bond acceptors (Lipinski definition) is 3. The molecule has 0 bridgehead atoms. The zero-order valence-electron chi connectivity index (χ0n) is 10.9. The molecule has 1 aromatic carbocycles. The van der Waals surface area contributed by atoms with Crippen LogP contribution in [0.2, 0.25) is 0 Å². The van der Waals surface area contributed by atoms with Gasteiger partial charge in [-0.15, -0.1) is 0 Å². The Bertz CT molecular complexity index is 419. The molecule has 1 unspecified atom stereocenters. The Kier molecular flexibility index (Phi) is 4.20. The summed E-state index contributed by atoms with van der Waals surface area (Å²) in [6, 6.07) is 7.96. The second-order valence-corrected chi connectivity index (χ2v) is 4.93. The van der Waals surface area contributed by atoms with Crippen LogP contribution >= 0.6 is 0 Å². The summed E-state index contributed by atoms with van der Waals surface area (Å²) < 4.78 is 0. The van der Waals surface area contributed by atoms with Crippen LogP contribution in [-0.4, -0.2) is 30.9 Å². The molecule has 0 radical (unpaired) electrons. The first-order valence-electron chi connectivity index (χ1n) is 6.47. The van der Waals surface area contributed by atoms with Crippen LogP contribution in [0.15, 0.2) is 24.3 Å².